The molecule has 1 aliphatic rings. The number of anilines is 1. The molecule has 1 amide bonds. The fourth-order valence-corrected chi connectivity index (χ4v) is 2.97. The van der Waals surface area contributed by atoms with Crippen molar-refractivity contribution in [1.29, 1.82) is 0 Å². The molecule has 0 aromatic heterocycles. The molecule has 0 radical (unpaired) electrons. The summed E-state index contributed by atoms with van der Waals surface area (Å²) in [4.78, 5) is 12.2. The minimum absolute atomic E-state index is 0.0625. The highest BCUT2D eigenvalue weighted by Crippen LogP contribution is 2.21. The van der Waals surface area contributed by atoms with Gasteiger partial charge in [0, 0.05) is 18.4 Å². The van der Waals surface area contributed by atoms with E-state index in [1.807, 2.05) is 6.92 Å². The van der Waals surface area contributed by atoms with Gasteiger partial charge in [-0.1, -0.05) is 6.07 Å². The highest BCUT2D eigenvalue weighted by atomic mass is 32.2. The van der Waals surface area contributed by atoms with E-state index in [2.05, 4.69) is 10.6 Å². The van der Waals surface area contributed by atoms with Gasteiger partial charge in [-0.15, -0.1) is 0 Å². The van der Waals surface area contributed by atoms with Gasteiger partial charge in [0.15, 0.2) is 9.84 Å². The Hall–Kier alpha value is -1.40. The smallest absolute Gasteiger partial charge is 0.224 e. The highest BCUT2D eigenvalue weighted by Gasteiger charge is 2.19. The van der Waals surface area contributed by atoms with Crippen molar-refractivity contribution in [1.82, 2.24) is 5.32 Å². The van der Waals surface area contributed by atoms with Gasteiger partial charge in [0.25, 0.3) is 0 Å². The monoisotopic (exact) mass is 296 g/mol. The van der Waals surface area contributed by atoms with Crippen molar-refractivity contribution in [2.24, 2.45) is 5.92 Å². The molecule has 0 spiro atoms. The van der Waals surface area contributed by atoms with Gasteiger partial charge in [0.05, 0.1) is 4.90 Å². The van der Waals surface area contributed by atoms with Gasteiger partial charge in [0.1, 0.15) is 0 Å². The minimum atomic E-state index is -3.26. The van der Waals surface area contributed by atoms with Gasteiger partial charge in [-0.05, 0) is 50.0 Å². The van der Waals surface area contributed by atoms with E-state index in [0.29, 0.717) is 18.0 Å². The summed E-state index contributed by atoms with van der Waals surface area (Å²) in [5.41, 5.74) is 1.43. The number of carbonyl (C=O) groups excluding carboxylic acids is 1. The summed E-state index contributed by atoms with van der Waals surface area (Å²) in [5.74, 6) is 0.306. The van der Waals surface area contributed by atoms with Crippen LogP contribution in [0, 0.1) is 12.8 Å². The Morgan fingerprint density at radius 3 is 2.80 bits per heavy atom. The van der Waals surface area contributed by atoms with Crippen LogP contribution in [0.15, 0.2) is 23.1 Å². The summed E-state index contributed by atoms with van der Waals surface area (Å²) in [7, 11) is -3.26. The number of nitrogens with one attached hydrogen (secondary N) is 2. The molecule has 1 aromatic rings. The summed E-state index contributed by atoms with van der Waals surface area (Å²) in [6.07, 6.45) is 2.64. The standard InChI is InChI=1S/C14H20N2O3S/c1-10-3-4-12(20(2,18)19)8-13(10)16-14(17)7-11-5-6-15-9-11/h3-4,8,11,15H,5-7,9H2,1-2H3,(H,16,17). The van der Waals surface area contributed by atoms with E-state index in [1.165, 1.54) is 6.07 Å². The summed E-state index contributed by atoms with van der Waals surface area (Å²) in [6.45, 7) is 3.68. The molecule has 1 aliphatic heterocycles. The van der Waals surface area contributed by atoms with Crippen LogP contribution in [-0.2, 0) is 14.6 Å². The fraction of sp³-hybridized carbons (Fsp3) is 0.500. The van der Waals surface area contributed by atoms with Gasteiger partial charge in [-0.25, -0.2) is 8.42 Å². The van der Waals surface area contributed by atoms with Crippen LogP contribution >= 0.6 is 0 Å². The Labute approximate surface area is 119 Å². The van der Waals surface area contributed by atoms with E-state index in [4.69, 9.17) is 0 Å². The van der Waals surface area contributed by atoms with Crippen LogP contribution in [0.3, 0.4) is 0 Å². The van der Waals surface area contributed by atoms with Crippen LogP contribution in [0.4, 0.5) is 5.69 Å². The van der Waals surface area contributed by atoms with Crippen molar-refractivity contribution < 1.29 is 13.2 Å². The van der Waals surface area contributed by atoms with E-state index in [-0.39, 0.29) is 10.8 Å². The number of hydrogen-bond acceptors (Lipinski definition) is 4. The Morgan fingerprint density at radius 2 is 2.20 bits per heavy atom. The molecule has 0 aliphatic carbocycles. The number of amides is 1. The lowest BCUT2D eigenvalue weighted by atomic mass is 10.0. The van der Waals surface area contributed by atoms with Gasteiger partial charge in [-0.2, -0.15) is 0 Å². The molecule has 1 heterocycles. The number of sulfone groups is 1. The van der Waals surface area contributed by atoms with Gasteiger partial charge in [-0.3, -0.25) is 4.79 Å². The molecule has 1 unspecified atom stereocenters. The first-order valence-corrected chi connectivity index (χ1v) is 8.56. The highest BCUT2D eigenvalue weighted by molar-refractivity contribution is 7.90. The van der Waals surface area contributed by atoms with E-state index < -0.39 is 9.84 Å². The second-order valence-electron chi connectivity index (χ2n) is 5.36. The molecular formula is C14H20N2O3S. The summed E-state index contributed by atoms with van der Waals surface area (Å²) in [6, 6.07) is 4.79. The zero-order chi connectivity index (χ0) is 14.8. The Balaban J connectivity index is 2.09. The topological polar surface area (TPSA) is 75.3 Å². The van der Waals surface area contributed by atoms with Crippen molar-refractivity contribution >= 4 is 21.4 Å². The third kappa shape index (κ3) is 3.80. The molecule has 1 fully saturated rings. The van der Waals surface area contributed by atoms with E-state index in [1.54, 1.807) is 12.1 Å². The maximum absolute atomic E-state index is 12.0. The number of hydrogen-bond donors (Lipinski definition) is 2. The molecule has 20 heavy (non-hydrogen) atoms. The molecule has 2 N–H and O–H groups in total. The molecule has 1 atom stereocenters. The second kappa shape index (κ2) is 5.93. The van der Waals surface area contributed by atoms with Crippen molar-refractivity contribution in [2.45, 2.75) is 24.7 Å². The first-order chi connectivity index (χ1) is 9.36. The average Bonchev–Trinajstić information content (AvgIpc) is 2.83. The van der Waals surface area contributed by atoms with Crippen molar-refractivity contribution in [3.63, 3.8) is 0 Å². The van der Waals surface area contributed by atoms with Crippen LogP contribution in [0.1, 0.15) is 18.4 Å². The van der Waals surface area contributed by atoms with Crippen LogP contribution in [0.5, 0.6) is 0 Å². The average molecular weight is 296 g/mol. The van der Waals surface area contributed by atoms with Gasteiger partial charge < -0.3 is 10.6 Å². The molecule has 0 saturated carbocycles. The van der Waals surface area contributed by atoms with E-state index in [9.17, 15) is 13.2 Å². The molecular weight excluding hydrogens is 276 g/mol. The molecule has 0 bridgehead atoms. The quantitative estimate of drug-likeness (QED) is 0.879. The lowest BCUT2D eigenvalue weighted by Crippen LogP contribution is -2.19. The van der Waals surface area contributed by atoms with E-state index >= 15 is 0 Å². The minimum Gasteiger partial charge on any atom is -0.326 e. The summed E-state index contributed by atoms with van der Waals surface area (Å²) < 4.78 is 23.1. The Morgan fingerprint density at radius 1 is 1.45 bits per heavy atom. The zero-order valence-corrected chi connectivity index (χ0v) is 12.6. The molecule has 1 saturated heterocycles. The second-order valence-corrected chi connectivity index (χ2v) is 7.38. The van der Waals surface area contributed by atoms with Crippen molar-refractivity contribution in [3.8, 4) is 0 Å². The van der Waals surface area contributed by atoms with E-state index in [0.717, 1.165) is 31.3 Å². The Bertz CT molecular complexity index is 605. The largest absolute Gasteiger partial charge is 0.326 e. The lowest BCUT2D eigenvalue weighted by Gasteiger charge is -2.12. The maximum Gasteiger partial charge on any atom is 0.224 e. The number of benzene rings is 1. The van der Waals surface area contributed by atoms with Crippen LogP contribution < -0.4 is 10.6 Å². The van der Waals surface area contributed by atoms with Crippen molar-refractivity contribution in [3.05, 3.63) is 23.8 Å². The summed E-state index contributed by atoms with van der Waals surface area (Å²) in [5, 5.41) is 6.04. The number of carbonyl (C=O) groups is 1. The molecule has 6 heteroatoms. The van der Waals surface area contributed by atoms with Crippen LogP contribution in [-0.4, -0.2) is 33.7 Å². The third-order valence-electron chi connectivity index (χ3n) is 3.55. The normalized spacial score (nSPS) is 19.0. The lowest BCUT2D eigenvalue weighted by molar-refractivity contribution is -0.117. The number of aryl methyl sites for hydroxylation is 1. The predicted octanol–water partition coefficient (Wildman–Crippen LogP) is 1.34. The number of rotatable bonds is 4. The molecule has 1 aromatic carbocycles. The Kier molecular flexibility index (Phi) is 4.45. The third-order valence-corrected chi connectivity index (χ3v) is 4.66. The molecule has 5 nitrogen and oxygen atoms in total. The van der Waals surface area contributed by atoms with Gasteiger partial charge >= 0.3 is 0 Å². The maximum atomic E-state index is 12.0. The fourth-order valence-electron chi connectivity index (χ4n) is 2.32. The van der Waals surface area contributed by atoms with Crippen molar-refractivity contribution in [2.75, 3.05) is 24.7 Å². The van der Waals surface area contributed by atoms with Crippen LogP contribution in [0.2, 0.25) is 0 Å². The first-order valence-electron chi connectivity index (χ1n) is 6.67. The molecule has 2 rings (SSSR count). The van der Waals surface area contributed by atoms with Gasteiger partial charge in [0.2, 0.25) is 5.91 Å². The van der Waals surface area contributed by atoms with Crippen LogP contribution in [0.25, 0.3) is 0 Å². The SMILES string of the molecule is Cc1ccc(S(C)(=O)=O)cc1NC(=O)CC1CCNC1. The zero-order valence-electron chi connectivity index (χ0n) is 11.8. The molecule has 110 valence electrons. The summed E-state index contributed by atoms with van der Waals surface area (Å²) >= 11 is 0. The predicted molar refractivity (Wildman–Crippen MR) is 78.5 cm³/mol. The first kappa shape index (κ1) is 15.0.